The first-order valence-electron chi connectivity index (χ1n) is 8.57. The van der Waals surface area contributed by atoms with E-state index in [-0.39, 0.29) is 6.09 Å². The average molecular weight is 314 g/mol. The van der Waals surface area contributed by atoms with Crippen LogP contribution in [-0.4, -0.2) is 44.0 Å². The van der Waals surface area contributed by atoms with Gasteiger partial charge in [0.25, 0.3) is 0 Å². The van der Waals surface area contributed by atoms with E-state index in [4.69, 9.17) is 9.47 Å². The Kier molecular flexibility index (Phi) is 8.18. The molecule has 1 amide bonds. The van der Waals surface area contributed by atoms with E-state index in [0.717, 1.165) is 25.9 Å². The predicted octanol–water partition coefficient (Wildman–Crippen LogP) is 3.08. The molecule has 5 heteroatoms. The Morgan fingerprint density at radius 2 is 2.05 bits per heavy atom. The molecule has 0 aromatic heterocycles. The Balaban J connectivity index is 2.40. The summed E-state index contributed by atoms with van der Waals surface area (Å²) in [5.41, 5.74) is -0.442. The lowest BCUT2D eigenvalue weighted by atomic mass is 10.0. The van der Waals surface area contributed by atoms with Crippen molar-refractivity contribution in [3.05, 3.63) is 0 Å². The molecule has 0 radical (unpaired) electrons. The summed E-state index contributed by atoms with van der Waals surface area (Å²) in [6.45, 7) is 9.27. The second-order valence-corrected chi connectivity index (χ2v) is 7.29. The molecule has 0 heterocycles. The molecule has 0 aliphatic heterocycles. The molecule has 0 aromatic rings. The van der Waals surface area contributed by atoms with Gasteiger partial charge >= 0.3 is 6.09 Å². The largest absolute Gasteiger partial charge is 0.444 e. The number of hydrogen-bond donors (Lipinski definition) is 2. The van der Waals surface area contributed by atoms with E-state index in [9.17, 15) is 4.79 Å². The van der Waals surface area contributed by atoms with E-state index in [2.05, 4.69) is 17.6 Å². The molecule has 3 atom stereocenters. The zero-order chi connectivity index (χ0) is 16.6. The molecule has 3 unspecified atom stereocenters. The van der Waals surface area contributed by atoms with Crippen LogP contribution in [0, 0.1) is 5.92 Å². The van der Waals surface area contributed by atoms with E-state index < -0.39 is 5.60 Å². The number of ether oxygens (including phenoxy) is 2. The van der Waals surface area contributed by atoms with Gasteiger partial charge in [0.15, 0.2) is 0 Å². The number of hydrogen-bond acceptors (Lipinski definition) is 4. The highest BCUT2D eigenvalue weighted by Crippen LogP contribution is 2.26. The van der Waals surface area contributed by atoms with Gasteiger partial charge in [0.05, 0.1) is 6.61 Å². The van der Waals surface area contributed by atoms with Gasteiger partial charge in [-0.3, -0.25) is 0 Å². The first kappa shape index (κ1) is 19.2. The summed E-state index contributed by atoms with van der Waals surface area (Å²) in [5.74, 6) is 0.476. The molecule has 1 aliphatic carbocycles. The second-order valence-electron chi connectivity index (χ2n) is 7.29. The summed E-state index contributed by atoms with van der Waals surface area (Å²) in [4.78, 5) is 11.8. The van der Waals surface area contributed by atoms with Crippen molar-refractivity contribution < 1.29 is 14.3 Å². The van der Waals surface area contributed by atoms with Crippen molar-refractivity contribution in [3.8, 4) is 0 Å². The van der Waals surface area contributed by atoms with Gasteiger partial charge in [-0.05, 0) is 46.0 Å². The molecular weight excluding hydrogens is 280 g/mol. The molecule has 130 valence electrons. The van der Waals surface area contributed by atoms with Gasteiger partial charge in [0.1, 0.15) is 5.60 Å². The van der Waals surface area contributed by atoms with Crippen LogP contribution < -0.4 is 10.6 Å². The summed E-state index contributed by atoms with van der Waals surface area (Å²) in [7, 11) is 1.75. The van der Waals surface area contributed by atoms with Gasteiger partial charge in [-0.25, -0.2) is 4.79 Å². The summed E-state index contributed by atoms with van der Waals surface area (Å²) >= 11 is 0. The molecular formula is C17H34N2O3. The summed E-state index contributed by atoms with van der Waals surface area (Å²) < 4.78 is 10.6. The number of nitrogens with one attached hydrogen (secondary N) is 2. The van der Waals surface area contributed by atoms with Crippen LogP contribution in [0.3, 0.4) is 0 Å². The Hall–Kier alpha value is -0.810. The first-order chi connectivity index (χ1) is 10.4. The molecule has 1 fully saturated rings. The Morgan fingerprint density at radius 1 is 1.32 bits per heavy atom. The maximum absolute atomic E-state index is 11.8. The molecule has 22 heavy (non-hydrogen) atoms. The second kappa shape index (κ2) is 9.36. The van der Waals surface area contributed by atoms with Gasteiger partial charge in [-0.2, -0.15) is 0 Å². The molecule has 0 aromatic carbocycles. The van der Waals surface area contributed by atoms with Crippen molar-refractivity contribution in [1.82, 2.24) is 10.6 Å². The normalized spacial score (nSPS) is 23.3. The standard InChI is InChI=1S/C17H34N2O3/c1-6-8-14(12-21-5)19-15-10-7-9-13(15)11-18-16(20)22-17(2,3)4/h13-15,19H,6-12H2,1-5H3,(H,18,20). The van der Waals surface area contributed by atoms with Crippen molar-refractivity contribution in [2.75, 3.05) is 20.3 Å². The predicted molar refractivity (Wildman–Crippen MR) is 89.1 cm³/mol. The maximum Gasteiger partial charge on any atom is 0.407 e. The third-order valence-corrected chi connectivity index (χ3v) is 4.02. The van der Waals surface area contributed by atoms with E-state index in [1.54, 1.807) is 7.11 Å². The minimum absolute atomic E-state index is 0.319. The SMILES string of the molecule is CCCC(COC)NC1CCCC1CNC(=O)OC(C)(C)C. The fourth-order valence-corrected chi connectivity index (χ4v) is 3.10. The number of alkyl carbamates (subject to hydrolysis) is 1. The quantitative estimate of drug-likeness (QED) is 0.723. The van der Waals surface area contributed by atoms with Crippen LogP contribution >= 0.6 is 0 Å². The zero-order valence-electron chi connectivity index (χ0n) is 14.9. The number of carbonyl (C=O) groups excluding carboxylic acids is 1. The smallest absolute Gasteiger partial charge is 0.407 e. The van der Waals surface area contributed by atoms with Gasteiger partial charge in [0, 0.05) is 25.7 Å². The topological polar surface area (TPSA) is 59.6 Å². The third-order valence-electron chi connectivity index (χ3n) is 4.02. The molecule has 1 aliphatic rings. The van der Waals surface area contributed by atoms with Crippen LogP contribution in [0.4, 0.5) is 4.79 Å². The number of amides is 1. The highest BCUT2D eigenvalue weighted by atomic mass is 16.6. The molecule has 1 rings (SSSR count). The molecule has 0 bridgehead atoms. The Bertz CT molecular complexity index is 322. The molecule has 2 N–H and O–H groups in total. The van der Waals surface area contributed by atoms with Crippen LogP contribution in [0.2, 0.25) is 0 Å². The van der Waals surface area contributed by atoms with E-state index in [0.29, 0.717) is 24.5 Å². The summed E-state index contributed by atoms with van der Waals surface area (Å²) in [6, 6.07) is 0.865. The lowest BCUT2D eigenvalue weighted by Gasteiger charge is -2.27. The minimum Gasteiger partial charge on any atom is -0.444 e. The Morgan fingerprint density at radius 3 is 2.64 bits per heavy atom. The average Bonchev–Trinajstić information content (AvgIpc) is 2.82. The first-order valence-corrected chi connectivity index (χ1v) is 8.57. The molecule has 0 saturated heterocycles. The van der Waals surface area contributed by atoms with Crippen LogP contribution in [0.1, 0.15) is 59.8 Å². The van der Waals surface area contributed by atoms with Gasteiger partial charge in [-0.1, -0.05) is 19.8 Å². The summed E-state index contributed by atoms with van der Waals surface area (Å²) in [5, 5.41) is 6.64. The monoisotopic (exact) mass is 314 g/mol. The minimum atomic E-state index is -0.442. The van der Waals surface area contributed by atoms with Gasteiger partial charge in [0.2, 0.25) is 0 Å². The molecule has 1 saturated carbocycles. The highest BCUT2D eigenvalue weighted by Gasteiger charge is 2.29. The van der Waals surface area contributed by atoms with Crippen LogP contribution in [0.15, 0.2) is 0 Å². The third kappa shape index (κ3) is 7.45. The number of carbonyl (C=O) groups is 1. The lowest BCUT2D eigenvalue weighted by molar-refractivity contribution is 0.0516. The van der Waals surface area contributed by atoms with E-state index >= 15 is 0 Å². The number of methoxy groups -OCH3 is 1. The van der Waals surface area contributed by atoms with Gasteiger partial charge in [-0.15, -0.1) is 0 Å². The van der Waals surface area contributed by atoms with Gasteiger partial charge < -0.3 is 20.1 Å². The van der Waals surface area contributed by atoms with Crippen molar-refractivity contribution in [2.45, 2.75) is 77.5 Å². The highest BCUT2D eigenvalue weighted by molar-refractivity contribution is 5.67. The summed E-state index contributed by atoms with van der Waals surface area (Å²) in [6.07, 6.45) is 5.49. The van der Waals surface area contributed by atoms with Crippen molar-refractivity contribution in [3.63, 3.8) is 0 Å². The van der Waals surface area contributed by atoms with E-state index in [1.165, 1.54) is 12.8 Å². The van der Waals surface area contributed by atoms with E-state index in [1.807, 2.05) is 20.8 Å². The Labute approximate surface area is 135 Å². The maximum atomic E-state index is 11.8. The van der Waals surface area contributed by atoms with Crippen LogP contribution in [0.5, 0.6) is 0 Å². The fourth-order valence-electron chi connectivity index (χ4n) is 3.10. The van der Waals surface area contributed by atoms with Crippen molar-refractivity contribution in [1.29, 1.82) is 0 Å². The van der Waals surface area contributed by atoms with Crippen molar-refractivity contribution >= 4 is 6.09 Å². The van der Waals surface area contributed by atoms with Crippen LogP contribution in [0.25, 0.3) is 0 Å². The van der Waals surface area contributed by atoms with Crippen LogP contribution in [-0.2, 0) is 9.47 Å². The molecule has 0 spiro atoms. The lowest BCUT2D eigenvalue weighted by Crippen LogP contribution is -2.46. The van der Waals surface area contributed by atoms with Crippen molar-refractivity contribution in [2.24, 2.45) is 5.92 Å². The number of rotatable bonds is 8. The molecule has 5 nitrogen and oxygen atoms in total. The zero-order valence-corrected chi connectivity index (χ0v) is 14.9. The fraction of sp³-hybridized carbons (Fsp3) is 0.941.